The van der Waals surface area contributed by atoms with Crippen molar-refractivity contribution in [3.63, 3.8) is 0 Å². The molecule has 23 heavy (non-hydrogen) atoms. The highest BCUT2D eigenvalue weighted by Crippen LogP contribution is 2.29. The van der Waals surface area contributed by atoms with E-state index in [4.69, 9.17) is 21.1 Å². The molecular weight excluding hydrogens is 321 g/mol. The summed E-state index contributed by atoms with van der Waals surface area (Å²) in [6, 6.07) is 9.33. The first-order valence-electron chi connectivity index (χ1n) is 6.70. The Morgan fingerprint density at radius 2 is 2.00 bits per heavy atom. The highest BCUT2D eigenvalue weighted by Gasteiger charge is 2.08. The number of benzene rings is 2. The summed E-state index contributed by atoms with van der Waals surface area (Å²) in [6.45, 7) is 0. The summed E-state index contributed by atoms with van der Waals surface area (Å²) in [7, 11) is 3.01. The maximum absolute atomic E-state index is 13.6. The molecule has 1 N–H and O–H groups in total. The Hall–Kier alpha value is -2.53. The normalized spacial score (nSPS) is 10.6. The van der Waals surface area contributed by atoms with Crippen molar-refractivity contribution >= 4 is 29.3 Å². The van der Waals surface area contributed by atoms with Gasteiger partial charge in [-0.1, -0.05) is 17.7 Å². The number of carbonyl (C=O) groups excluding carboxylic acids is 1. The van der Waals surface area contributed by atoms with Gasteiger partial charge in [0.05, 0.1) is 24.9 Å². The van der Waals surface area contributed by atoms with E-state index in [1.807, 2.05) is 0 Å². The van der Waals surface area contributed by atoms with Gasteiger partial charge in [0.25, 0.3) is 0 Å². The first-order valence-corrected chi connectivity index (χ1v) is 7.08. The van der Waals surface area contributed by atoms with Crippen LogP contribution in [0.3, 0.4) is 0 Å². The van der Waals surface area contributed by atoms with Crippen LogP contribution in [0.4, 0.5) is 10.1 Å². The zero-order chi connectivity index (χ0) is 16.8. The van der Waals surface area contributed by atoms with Crippen LogP contribution in [0.2, 0.25) is 5.02 Å². The largest absolute Gasteiger partial charge is 0.497 e. The molecule has 4 nitrogen and oxygen atoms in total. The lowest BCUT2D eigenvalue weighted by Crippen LogP contribution is -2.09. The molecule has 6 heteroatoms. The Balaban J connectivity index is 2.18. The third kappa shape index (κ3) is 4.23. The molecule has 0 aromatic heterocycles. The van der Waals surface area contributed by atoms with Gasteiger partial charge in [-0.2, -0.15) is 0 Å². The molecule has 2 aromatic rings. The van der Waals surface area contributed by atoms with Gasteiger partial charge in [-0.3, -0.25) is 4.79 Å². The molecule has 0 aliphatic rings. The predicted octanol–water partition coefficient (Wildman–Crippen LogP) is 4.15. The zero-order valence-corrected chi connectivity index (χ0v) is 13.4. The number of halogens is 2. The lowest BCUT2D eigenvalue weighted by atomic mass is 10.2. The predicted molar refractivity (Wildman–Crippen MR) is 88.6 cm³/mol. The van der Waals surface area contributed by atoms with Gasteiger partial charge in [-0.15, -0.1) is 0 Å². The molecule has 0 unspecified atom stereocenters. The standard InChI is InChI=1S/C17H15ClFNO3/c1-22-11-6-8-16(23-2)15(10-11)20-17(21)9-7-12-13(18)4-3-5-14(12)19/h3-10H,1-2H3,(H,20,21). The monoisotopic (exact) mass is 335 g/mol. The lowest BCUT2D eigenvalue weighted by molar-refractivity contribution is -0.111. The first kappa shape index (κ1) is 16.8. The van der Waals surface area contributed by atoms with E-state index in [-0.39, 0.29) is 10.6 Å². The van der Waals surface area contributed by atoms with Crippen LogP contribution in [0.1, 0.15) is 5.56 Å². The second-order valence-corrected chi connectivity index (χ2v) is 4.93. The van der Waals surface area contributed by atoms with E-state index in [2.05, 4.69) is 5.32 Å². The average Bonchev–Trinajstić information content (AvgIpc) is 2.54. The highest BCUT2D eigenvalue weighted by molar-refractivity contribution is 6.32. The van der Waals surface area contributed by atoms with E-state index in [1.165, 1.54) is 38.5 Å². The molecule has 0 aliphatic heterocycles. The number of ether oxygens (including phenoxy) is 2. The number of amides is 1. The number of methoxy groups -OCH3 is 2. The van der Waals surface area contributed by atoms with E-state index in [1.54, 1.807) is 24.3 Å². The fourth-order valence-electron chi connectivity index (χ4n) is 1.92. The minimum atomic E-state index is -0.500. The second-order valence-electron chi connectivity index (χ2n) is 4.52. The number of anilines is 1. The minimum Gasteiger partial charge on any atom is -0.497 e. The van der Waals surface area contributed by atoms with E-state index in [0.29, 0.717) is 17.2 Å². The quantitative estimate of drug-likeness (QED) is 0.835. The Morgan fingerprint density at radius 1 is 1.22 bits per heavy atom. The molecule has 2 aromatic carbocycles. The fourth-order valence-corrected chi connectivity index (χ4v) is 2.14. The minimum absolute atomic E-state index is 0.155. The van der Waals surface area contributed by atoms with Crippen molar-refractivity contribution in [2.24, 2.45) is 0 Å². The molecule has 1 amide bonds. The molecule has 120 valence electrons. The SMILES string of the molecule is COc1ccc(OC)c(NC(=O)C=Cc2c(F)cccc2Cl)c1. The van der Waals surface area contributed by atoms with Crippen LogP contribution >= 0.6 is 11.6 Å². The Labute approximate surface area is 138 Å². The maximum atomic E-state index is 13.6. The van der Waals surface area contributed by atoms with Crippen LogP contribution in [-0.4, -0.2) is 20.1 Å². The van der Waals surface area contributed by atoms with E-state index in [9.17, 15) is 9.18 Å². The van der Waals surface area contributed by atoms with Crippen molar-refractivity contribution in [2.45, 2.75) is 0 Å². The van der Waals surface area contributed by atoms with E-state index >= 15 is 0 Å². The average molecular weight is 336 g/mol. The summed E-state index contributed by atoms with van der Waals surface area (Å²) in [4.78, 5) is 12.0. The molecule has 0 atom stereocenters. The van der Waals surface area contributed by atoms with Crippen molar-refractivity contribution in [3.8, 4) is 11.5 Å². The molecule has 0 aliphatic carbocycles. The van der Waals surface area contributed by atoms with Gasteiger partial charge in [0, 0.05) is 17.7 Å². The first-order chi connectivity index (χ1) is 11.0. The number of hydrogen-bond acceptors (Lipinski definition) is 3. The third-order valence-electron chi connectivity index (χ3n) is 3.07. The Morgan fingerprint density at radius 3 is 2.65 bits per heavy atom. The molecule has 0 saturated carbocycles. The number of carbonyl (C=O) groups is 1. The molecule has 0 heterocycles. The Bertz CT molecular complexity index is 726. The van der Waals surface area contributed by atoms with Crippen LogP contribution in [-0.2, 0) is 4.79 Å². The maximum Gasteiger partial charge on any atom is 0.248 e. The van der Waals surface area contributed by atoms with Gasteiger partial charge in [0.2, 0.25) is 5.91 Å². The molecule has 0 bridgehead atoms. The Kier molecular flexibility index (Phi) is 5.60. The number of rotatable bonds is 5. The lowest BCUT2D eigenvalue weighted by Gasteiger charge is -2.10. The fraction of sp³-hybridized carbons (Fsp3) is 0.118. The number of nitrogens with one attached hydrogen (secondary N) is 1. The van der Waals surface area contributed by atoms with Crippen molar-refractivity contribution < 1.29 is 18.7 Å². The third-order valence-corrected chi connectivity index (χ3v) is 3.40. The number of hydrogen-bond donors (Lipinski definition) is 1. The van der Waals surface area contributed by atoms with Gasteiger partial charge in [-0.05, 0) is 30.3 Å². The van der Waals surface area contributed by atoms with Crippen LogP contribution in [0, 0.1) is 5.82 Å². The summed E-state index contributed by atoms with van der Waals surface area (Å²) in [5.74, 6) is 0.107. The zero-order valence-electron chi connectivity index (χ0n) is 12.6. The van der Waals surface area contributed by atoms with Crippen LogP contribution in [0.5, 0.6) is 11.5 Å². The molecular formula is C17H15ClFNO3. The molecule has 0 saturated heterocycles. The summed E-state index contributed by atoms with van der Waals surface area (Å²) >= 11 is 5.90. The molecule has 2 rings (SSSR count). The summed E-state index contributed by atoms with van der Waals surface area (Å²) in [5, 5.41) is 2.88. The summed E-state index contributed by atoms with van der Waals surface area (Å²) < 4.78 is 23.9. The summed E-state index contributed by atoms with van der Waals surface area (Å²) in [6.07, 6.45) is 2.52. The van der Waals surface area contributed by atoms with Crippen molar-refractivity contribution in [2.75, 3.05) is 19.5 Å². The van der Waals surface area contributed by atoms with Crippen molar-refractivity contribution in [3.05, 3.63) is 58.9 Å². The van der Waals surface area contributed by atoms with Crippen LogP contribution < -0.4 is 14.8 Å². The van der Waals surface area contributed by atoms with Gasteiger partial charge in [0.1, 0.15) is 17.3 Å². The molecule has 0 radical (unpaired) electrons. The van der Waals surface area contributed by atoms with Crippen molar-refractivity contribution in [1.82, 2.24) is 0 Å². The summed E-state index contributed by atoms with van der Waals surface area (Å²) in [5.41, 5.74) is 0.600. The topological polar surface area (TPSA) is 47.6 Å². The van der Waals surface area contributed by atoms with Gasteiger partial charge < -0.3 is 14.8 Å². The molecule has 0 fully saturated rings. The second kappa shape index (κ2) is 7.65. The van der Waals surface area contributed by atoms with E-state index < -0.39 is 11.7 Å². The highest BCUT2D eigenvalue weighted by atomic mass is 35.5. The smallest absolute Gasteiger partial charge is 0.248 e. The van der Waals surface area contributed by atoms with Crippen LogP contribution in [0.25, 0.3) is 6.08 Å². The van der Waals surface area contributed by atoms with E-state index in [0.717, 1.165) is 0 Å². The van der Waals surface area contributed by atoms with Gasteiger partial charge in [0.15, 0.2) is 0 Å². The van der Waals surface area contributed by atoms with Gasteiger partial charge >= 0.3 is 0 Å². The van der Waals surface area contributed by atoms with Gasteiger partial charge in [-0.25, -0.2) is 4.39 Å². The van der Waals surface area contributed by atoms with Crippen molar-refractivity contribution in [1.29, 1.82) is 0 Å². The molecule has 0 spiro atoms. The van der Waals surface area contributed by atoms with Crippen LogP contribution in [0.15, 0.2) is 42.5 Å².